The summed E-state index contributed by atoms with van der Waals surface area (Å²) in [5.41, 5.74) is 6.35. The molecular formula is C13H14BrN5. The predicted molar refractivity (Wildman–Crippen MR) is 79.3 cm³/mol. The minimum Gasteiger partial charge on any atom is -0.339 e. The van der Waals surface area contributed by atoms with Crippen molar-refractivity contribution in [3.8, 4) is 0 Å². The van der Waals surface area contributed by atoms with Gasteiger partial charge in [-0.25, -0.2) is 10.8 Å². The first-order valence-corrected chi connectivity index (χ1v) is 6.93. The normalized spacial score (nSPS) is 13.2. The highest BCUT2D eigenvalue weighted by Crippen LogP contribution is 2.28. The second kappa shape index (κ2) is 5.14. The van der Waals surface area contributed by atoms with E-state index in [1.165, 1.54) is 24.0 Å². The van der Waals surface area contributed by atoms with Crippen molar-refractivity contribution in [3.05, 3.63) is 40.0 Å². The maximum Gasteiger partial charge on any atom is 0.239 e. The Bertz CT molecular complexity index is 614. The number of hydrogen-bond donors (Lipinski definition) is 3. The first-order chi connectivity index (χ1) is 9.26. The quantitative estimate of drug-likeness (QED) is 0.599. The van der Waals surface area contributed by atoms with Gasteiger partial charge in [-0.1, -0.05) is 6.07 Å². The molecule has 0 amide bonds. The zero-order chi connectivity index (χ0) is 13.2. The van der Waals surface area contributed by atoms with Crippen molar-refractivity contribution in [1.82, 2.24) is 9.97 Å². The van der Waals surface area contributed by atoms with Crippen LogP contribution in [-0.2, 0) is 12.8 Å². The molecule has 0 aliphatic heterocycles. The summed E-state index contributed by atoms with van der Waals surface area (Å²) >= 11 is 3.42. The molecule has 0 bridgehead atoms. The SMILES string of the molecule is NNc1ncc(Br)c(Nc2ccc3c(c2)CCC3)n1. The van der Waals surface area contributed by atoms with Gasteiger partial charge in [-0.2, -0.15) is 4.98 Å². The number of hydrogen-bond acceptors (Lipinski definition) is 5. The minimum absolute atomic E-state index is 0.381. The van der Waals surface area contributed by atoms with Gasteiger partial charge in [0, 0.05) is 11.9 Å². The molecule has 3 rings (SSSR count). The van der Waals surface area contributed by atoms with E-state index in [1.807, 2.05) is 0 Å². The van der Waals surface area contributed by atoms with Crippen LogP contribution >= 0.6 is 15.9 Å². The molecule has 1 aliphatic carbocycles. The lowest BCUT2D eigenvalue weighted by molar-refractivity contribution is 0.912. The van der Waals surface area contributed by atoms with Crippen molar-refractivity contribution in [1.29, 1.82) is 0 Å². The van der Waals surface area contributed by atoms with E-state index in [1.54, 1.807) is 6.20 Å². The van der Waals surface area contributed by atoms with Gasteiger partial charge in [0.05, 0.1) is 4.47 Å². The van der Waals surface area contributed by atoms with E-state index in [2.05, 4.69) is 54.8 Å². The van der Waals surface area contributed by atoms with Crippen LogP contribution in [0, 0.1) is 0 Å². The lowest BCUT2D eigenvalue weighted by Crippen LogP contribution is -2.11. The number of nitrogens with one attached hydrogen (secondary N) is 2. The predicted octanol–water partition coefficient (Wildman–Crippen LogP) is 2.76. The molecule has 0 radical (unpaired) electrons. The molecule has 1 aromatic heterocycles. The third kappa shape index (κ3) is 2.54. The fourth-order valence-corrected chi connectivity index (χ4v) is 2.60. The van der Waals surface area contributed by atoms with Gasteiger partial charge in [0.2, 0.25) is 5.95 Å². The molecule has 0 unspecified atom stereocenters. The van der Waals surface area contributed by atoms with Crippen LogP contribution < -0.4 is 16.6 Å². The monoisotopic (exact) mass is 319 g/mol. The average molecular weight is 320 g/mol. The Hall–Kier alpha value is -1.66. The number of aryl methyl sites for hydroxylation is 2. The van der Waals surface area contributed by atoms with E-state index in [9.17, 15) is 0 Å². The summed E-state index contributed by atoms with van der Waals surface area (Å²) in [6, 6.07) is 6.45. The van der Waals surface area contributed by atoms with E-state index in [0.29, 0.717) is 11.8 Å². The first-order valence-electron chi connectivity index (χ1n) is 6.14. The van der Waals surface area contributed by atoms with Gasteiger partial charge in [0.25, 0.3) is 0 Å². The molecule has 19 heavy (non-hydrogen) atoms. The van der Waals surface area contributed by atoms with E-state index in [4.69, 9.17) is 5.84 Å². The molecule has 0 saturated heterocycles. The Labute approximate surface area is 119 Å². The number of rotatable bonds is 3. The van der Waals surface area contributed by atoms with Crippen LogP contribution in [0.15, 0.2) is 28.9 Å². The number of fused-ring (bicyclic) bond motifs is 1. The third-order valence-electron chi connectivity index (χ3n) is 3.23. The van der Waals surface area contributed by atoms with Crippen LogP contribution in [0.2, 0.25) is 0 Å². The van der Waals surface area contributed by atoms with E-state index in [0.717, 1.165) is 16.6 Å². The van der Waals surface area contributed by atoms with Gasteiger partial charge in [0.15, 0.2) is 0 Å². The number of benzene rings is 1. The number of nitrogens with two attached hydrogens (primary N) is 1. The Morgan fingerprint density at radius 1 is 1.21 bits per heavy atom. The second-order valence-corrected chi connectivity index (χ2v) is 5.35. The Kier molecular flexibility index (Phi) is 3.35. The summed E-state index contributed by atoms with van der Waals surface area (Å²) in [6.45, 7) is 0. The second-order valence-electron chi connectivity index (χ2n) is 4.50. The van der Waals surface area contributed by atoms with Crippen LogP contribution in [0.1, 0.15) is 17.5 Å². The van der Waals surface area contributed by atoms with Gasteiger partial charge in [-0.3, -0.25) is 5.43 Å². The van der Waals surface area contributed by atoms with Crippen molar-refractivity contribution in [2.24, 2.45) is 5.84 Å². The van der Waals surface area contributed by atoms with Crippen molar-refractivity contribution in [2.75, 3.05) is 10.7 Å². The van der Waals surface area contributed by atoms with Crippen molar-refractivity contribution < 1.29 is 0 Å². The summed E-state index contributed by atoms with van der Waals surface area (Å²) < 4.78 is 0.798. The van der Waals surface area contributed by atoms with Crippen LogP contribution in [-0.4, -0.2) is 9.97 Å². The average Bonchev–Trinajstić information content (AvgIpc) is 2.89. The third-order valence-corrected chi connectivity index (χ3v) is 3.81. The molecule has 4 N–H and O–H groups in total. The fourth-order valence-electron chi connectivity index (χ4n) is 2.31. The van der Waals surface area contributed by atoms with Gasteiger partial charge in [0.1, 0.15) is 5.82 Å². The first kappa shape index (κ1) is 12.4. The number of aromatic nitrogens is 2. The largest absolute Gasteiger partial charge is 0.339 e. The number of nitrogens with zero attached hydrogens (tertiary/aromatic N) is 2. The molecule has 2 aromatic rings. The number of halogens is 1. The highest BCUT2D eigenvalue weighted by Gasteiger charge is 2.11. The molecule has 5 nitrogen and oxygen atoms in total. The lowest BCUT2D eigenvalue weighted by atomic mass is 10.1. The summed E-state index contributed by atoms with van der Waals surface area (Å²) in [4.78, 5) is 8.30. The zero-order valence-electron chi connectivity index (χ0n) is 10.3. The van der Waals surface area contributed by atoms with E-state index < -0.39 is 0 Å². The van der Waals surface area contributed by atoms with Crippen LogP contribution in [0.25, 0.3) is 0 Å². The molecule has 0 atom stereocenters. The maximum atomic E-state index is 5.32. The molecule has 0 saturated carbocycles. The fraction of sp³-hybridized carbons (Fsp3) is 0.231. The van der Waals surface area contributed by atoms with Crippen molar-refractivity contribution >= 4 is 33.4 Å². The zero-order valence-corrected chi connectivity index (χ0v) is 11.9. The molecule has 98 valence electrons. The number of nitrogen functional groups attached to an aromatic ring is 1. The smallest absolute Gasteiger partial charge is 0.239 e. The molecule has 0 spiro atoms. The van der Waals surface area contributed by atoms with E-state index >= 15 is 0 Å². The molecule has 1 aromatic carbocycles. The highest BCUT2D eigenvalue weighted by molar-refractivity contribution is 9.10. The summed E-state index contributed by atoms with van der Waals surface area (Å²) in [5, 5.41) is 3.28. The molecule has 6 heteroatoms. The van der Waals surface area contributed by atoms with Crippen molar-refractivity contribution in [3.63, 3.8) is 0 Å². The summed E-state index contributed by atoms with van der Waals surface area (Å²) in [6.07, 6.45) is 5.26. The Morgan fingerprint density at radius 2 is 2.05 bits per heavy atom. The number of hydrazine groups is 1. The number of anilines is 3. The molecular weight excluding hydrogens is 306 g/mol. The standard InChI is InChI=1S/C13H14BrN5/c14-11-7-16-13(19-15)18-12(11)17-10-5-4-8-2-1-3-9(8)6-10/h4-7H,1-3,15H2,(H2,16,17,18,19). The van der Waals surface area contributed by atoms with Crippen LogP contribution in [0.5, 0.6) is 0 Å². The van der Waals surface area contributed by atoms with Crippen LogP contribution in [0.4, 0.5) is 17.5 Å². The minimum atomic E-state index is 0.381. The van der Waals surface area contributed by atoms with E-state index in [-0.39, 0.29) is 0 Å². The van der Waals surface area contributed by atoms with Crippen molar-refractivity contribution in [2.45, 2.75) is 19.3 Å². The molecule has 1 heterocycles. The Morgan fingerprint density at radius 3 is 2.89 bits per heavy atom. The Balaban J connectivity index is 1.88. The van der Waals surface area contributed by atoms with Gasteiger partial charge >= 0.3 is 0 Å². The highest BCUT2D eigenvalue weighted by atomic mass is 79.9. The maximum absolute atomic E-state index is 5.32. The lowest BCUT2D eigenvalue weighted by Gasteiger charge is -2.10. The van der Waals surface area contributed by atoms with Crippen LogP contribution in [0.3, 0.4) is 0 Å². The molecule has 0 fully saturated rings. The van der Waals surface area contributed by atoms with Gasteiger partial charge in [-0.15, -0.1) is 0 Å². The van der Waals surface area contributed by atoms with Gasteiger partial charge < -0.3 is 5.32 Å². The van der Waals surface area contributed by atoms with Gasteiger partial charge in [-0.05, 0) is 58.5 Å². The summed E-state index contributed by atoms with van der Waals surface area (Å²) in [5.74, 6) is 6.39. The summed E-state index contributed by atoms with van der Waals surface area (Å²) in [7, 11) is 0. The topological polar surface area (TPSA) is 75.9 Å². The molecule has 1 aliphatic rings.